The number of rotatable bonds is 5. The molecule has 1 aromatic carbocycles. The summed E-state index contributed by atoms with van der Waals surface area (Å²) in [6.07, 6.45) is 5.98. The highest BCUT2D eigenvalue weighted by molar-refractivity contribution is 5.85. The van der Waals surface area contributed by atoms with Gasteiger partial charge in [-0.15, -0.1) is 24.8 Å². The Bertz CT molecular complexity index is 507. The molecular formula is C19H31Cl2N3O. The molecule has 1 aliphatic heterocycles. The van der Waals surface area contributed by atoms with E-state index in [1.54, 1.807) is 0 Å². The highest BCUT2D eigenvalue weighted by Crippen LogP contribution is 2.23. The molecule has 1 aliphatic carbocycles. The first kappa shape index (κ1) is 22.2. The van der Waals surface area contributed by atoms with Crippen molar-refractivity contribution in [2.75, 3.05) is 13.1 Å². The predicted molar refractivity (Wildman–Crippen MR) is 107 cm³/mol. The number of hydrogen-bond donors (Lipinski definition) is 2. The van der Waals surface area contributed by atoms with Crippen molar-refractivity contribution < 1.29 is 4.79 Å². The minimum atomic E-state index is 0. The second-order valence-electron chi connectivity index (χ2n) is 7.25. The van der Waals surface area contributed by atoms with Gasteiger partial charge < -0.3 is 11.1 Å². The number of likely N-dealkylation sites (tertiary alicyclic amines) is 1. The lowest BCUT2D eigenvalue weighted by molar-refractivity contribution is -0.123. The number of piperidine rings is 1. The molecule has 0 aromatic heterocycles. The summed E-state index contributed by atoms with van der Waals surface area (Å²) in [7, 11) is 0. The first-order valence-electron chi connectivity index (χ1n) is 9.00. The van der Waals surface area contributed by atoms with Crippen molar-refractivity contribution in [2.24, 2.45) is 11.7 Å². The molecule has 0 spiro atoms. The number of carbonyl (C=O) groups excluding carboxylic acids is 1. The number of halogens is 2. The molecule has 6 heteroatoms. The van der Waals surface area contributed by atoms with Crippen molar-refractivity contribution in [1.82, 2.24) is 10.2 Å². The van der Waals surface area contributed by atoms with E-state index in [4.69, 9.17) is 5.73 Å². The average molecular weight is 388 g/mol. The van der Waals surface area contributed by atoms with Gasteiger partial charge in [-0.2, -0.15) is 0 Å². The first-order chi connectivity index (χ1) is 11.2. The number of nitrogens with two attached hydrogens (primary N) is 1. The largest absolute Gasteiger partial charge is 0.353 e. The fraction of sp³-hybridized carbons (Fsp3) is 0.632. The molecule has 0 unspecified atom stereocenters. The first-order valence-corrected chi connectivity index (χ1v) is 9.00. The number of nitrogens with zero attached hydrogens (tertiary/aromatic N) is 1. The quantitative estimate of drug-likeness (QED) is 0.815. The molecule has 1 saturated carbocycles. The van der Waals surface area contributed by atoms with Crippen LogP contribution in [0, 0.1) is 5.92 Å². The van der Waals surface area contributed by atoms with Gasteiger partial charge in [0.2, 0.25) is 5.91 Å². The van der Waals surface area contributed by atoms with Gasteiger partial charge in [-0.3, -0.25) is 9.69 Å². The van der Waals surface area contributed by atoms with Gasteiger partial charge in [0, 0.05) is 25.0 Å². The monoisotopic (exact) mass is 387 g/mol. The maximum atomic E-state index is 12.2. The summed E-state index contributed by atoms with van der Waals surface area (Å²) in [6.45, 7) is 3.22. The van der Waals surface area contributed by atoms with Crippen LogP contribution in [0.5, 0.6) is 0 Å². The number of benzene rings is 1. The third kappa shape index (κ3) is 7.14. The Kier molecular flexibility index (Phi) is 9.80. The fourth-order valence-corrected chi connectivity index (χ4v) is 3.89. The molecule has 4 nitrogen and oxygen atoms in total. The lowest BCUT2D eigenvalue weighted by Crippen LogP contribution is -2.38. The normalized spacial score (nSPS) is 24.2. The molecule has 1 saturated heterocycles. The van der Waals surface area contributed by atoms with Crippen LogP contribution in [0.2, 0.25) is 0 Å². The third-order valence-corrected chi connectivity index (χ3v) is 5.27. The molecule has 1 aromatic rings. The van der Waals surface area contributed by atoms with Gasteiger partial charge in [-0.25, -0.2) is 0 Å². The Morgan fingerprint density at radius 2 is 1.76 bits per heavy atom. The van der Waals surface area contributed by atoms with E-state index in [0.717, 1.165) is 51.7 Å². The van der Waals surface area contributed by atoms with E-state index in [2.05, 4.69) is 40.5 Å². The topological polar surface area (TPSA) is 58.4 Å². The molecule has 142 valence electrons. The zero-order chi connectivity index (χ0) is 16.1. The van der Waals surface area contributed by atoms with Crippen molar-refractivity contribution >= 4 is 30.7 Å². The van der Waals surface area contributed by atoms with Gasteiger partial charge in [-0.05, 0) is 56.7 Å². The standard InChI is InChI=1S/C19H29N3O.2ClH/c20-17-6-7-18(13-17)21-19(23)12-15-8-10-22(11-9-15)14-16-4-2-1-3-5-16;;/h1-5,15,17-18H,6-14,20H2,(H,21,23);2*1H/t17-,18-;;/m1../s1. The minimum absolute atomic E-state index is 0. The molecular weight excluding hydrogens is 357 g/mol. The van der Waals surface area contributed by atoms with Crippen molar-refractivity contribution in [3.8, 4) is 0 Å². The van der Waals surface area contributed by atoms with Crippen molar-refractivity contribution in [3.05, 3.63) is 35.9 Å². The number of carbonyl (C=O) groups is 1. The van der Waals surface area contributed by atoms with Crippen LogP contribution >= 0.6 is 24.8 Å². The average Bonchev–Trinajstić information content (AvgIpc) is 2.95. The predicted octanol–water partition coefficient (Wildman–Crippen LogP) is 3.13. The second kappa shape index (κ2) is 11.0. The number of hydrogen-bond acceptors (Lipinski definition) is 3. The maximum Gasteiger partial charge on any atom is 0.220 e. The van der Waals surface area contributed by atoms with E-state index < -0.39 is 0 Å². The fourth-order valence-electron chi connectivity index (χ4n) is 3.89. The van der Waals surface area contributed by atoms with Crippen LogP contribution in [0.4, 0.5) is 0 Å². The summed E-state index contributed by atoms with van der Waals surface area (Å²) in [5.41, 5.74) is 7.28. The Hall–Kier alpha value is -0.810. The molecule has 2 atom stereocenters. The summed E-state index contributed by atoms with van der Waals surface area (Å²) in [5, 5.41) is 3.18. The van der Waals surface area contributed by atoms with Crippen LogP contribution in [-0.2, 0) is 11.3 Å². The molecule has 25 heavy (non-hydrogen) atoms. The Morgan fingerprint density at radius 1 is 1.08 bits per heavy atom. The van der Waals surface area contributed by atoms with Gasteiger partial charge in [0.25, 0.3) is 0 Å². The molecule has 3 rings (SSSR count). The Morgan fingerprint density at radius 3 is 2.36 bits per heavy atom. The molecule has 3 N–H and O–H groups in total. The summed E-state index contributed by atoms with van der Waals surface area (Å²) >= 11 is 0. The van der Waals surface area contributed by atoms with E-state index in [-0.39, 0.29) is 36.8 Å². The molecule has 0 radical (unpaired) electrons. The van der Waals surface area contributed by atoms with Gasteiger partial charge in [0.15, 0.2) is 0 Å². The number of amides is 1. The molecule has 2 aliphatic rings. The van der Waals surface area contributed by atoms with Gasteiger partial charge in [-0.1, -0.05) is 30.3 Å². The van der Waals surface area contributed by atoms with Crippen molar-refractivity contribution in [3.63, 3.8) is 0 Å². The highest BCUT2D eigenvalue weighted by Gasteiger charge is 2.25. The van der Waals surface area contributed by atoms with Crippen LogP contribution in [0.25, 0.3) is 0 Å². The Labute approximate surface area is 163 Å². The van der Waals surface area contributed by atoms with Crippen LogP contribution < -0.4 is 11.1 Å². The molecule has 0 bridgehead atoms. The van der Waals surface area contributed by atoms with E-state index >= 15 is 0 Å². The van der Waals surface area contributed by atoms with Crippen molar-refractivity contribution in [1.29, 1.82) is 0 Å². The summed E-state index contributed by atoms with van der Waals surface area (Å²) in [4.78, 5) is 14.7. The maximum absolute atomic E-state index is 12.2. The summed E-state index contributed by atoms with van der Waals surface area (Å²) in [6, 6.07) is 11.2. The molecule has 1 amide bonds. The van der Waals surface area contributed by atoms with Gasteiger partial charge >= 0.3 is 0 Å². The Balaban J connectivity index is 0.00000156. The SMILES string of the molecule is Cl.Cl.N[C@@H]1CC[C@@H](NC(=O)CC2CCN(Cc3ccccc3)CC2)C1. The van der Waals surface area contributed by atoms with Gasteiger partial charge in [0.1, 0.15) is 0 Å². The van der Waals surface area contributed by atoms with Crippen LogP contribution in [0.3, 0.4) is 0 Å². The summed E-state index contributed by atoms with van der Waals surface area (Å²) in [5.74, 6) is 0.766. The zero-order valence-electron chi connectivity index (χ0n) is 14.7. The smallest absolute Gasteiger partial charge is 0.220 e. The van der Waals surface area contributed by atoms with E-state index in [0.29, 0.717) is 18.4 Å². The van der Waals surface area contributed by atoms with E-state index in [9.17, 15) is 4.79 Å². The second-order valence-corrected chi connectivity index (χ2v) is 7.25. The zero-order valence-corrected chi connectivity index (χ0v) is 16.4. The highest BCUT2D eigenvalue weighted by atomic mass is 35.5. The van der Waals surface area contributed by atoms with Crippen molar-refractivity contribution in [2.45, 2.75) is 57.2 Å². The van der Waals surface area contributed by atoms with Gasteiger partial charge in [0.05, 0.1) is 0 Å². The molecule has 1 heterocycles. The van der Waals surface area contributed by atoms with Crippen LogP contribution in [-0.4, -0.2) is 36.0 Å². The van der Waals surface area contributed by atoms with Crippen LogP contribution in [0.1, 0.15) is 44.1 Å². The van der Waals surface area contributed by atoms with E-state index in [1.807, 2.05) is 0 Å². The van der Waals surface area contributed by atoms with Crippen LogP contribution in [0.15, 0.2) is 30.3 Å². The lowest BCUT2D eigenvalue weighted by atomic mass is 9.93. The number of nitrogens with one attached hydrogen (secondary N) is 1. The lowest BCUT2D eigenvalue weighted by Gasteiger charge is -2.32. The minimum Gasteiger partial charge on any atom is -0.353 e. The third-order valence-electron chi connectivity index (χ3n) is 5.27. The summed E-state index contributed by atoms with van der Waals surface area (Å²) < 4.78 is 0. The van der Waals surface area contributed by atoms with E-state index in [1.165, 1.54) is 5.56 Å². The molecule has 2 fully saturated rings.